The van der Waals surface area contributed by atoms with Crippen LogP contribution in [0.1, 0.15) is 28.9 Å². The van der Waals surface area contributed by atoms with E-state index in [0.717, 1.165) is 24.2 Å². The maximum atomic E-state index is 12.9. The zero-order valence-electron chi connectivity index (χ0n) is 17.4. The van der Waals surface area contributed by atoms with Crippen molar-refractivity contribution in [2.24, 2.45) is 13.0 Å². The lowest BCUT2D eigenvalue weighted by Crippen LogP contribution is -2.40. The van der Waals surface area contributed by atoms with Gasteiger partial charge in [-0.15, -0.1) is 5.10 Å². The number of imidazole rings is 1. The zero-order chi connectivity index (χ0) is 21.3. The smallest absolute Gasteiger partial charge is 0.259 e. The average Bonchev–Trinajstić information content (AvgIpc) is 3.13. The van der Waals surface area contributed by atoms with Crippen LogP contribution in [0.2, 0.25) is 0 Å². The number of nitrogens with zero attached hydrogens (tertiary/aromatic N) is 5. The Morgan fingerprint density at radius 2 is 2.00 bits per heavy atom. The van der Waals surface area contributed by atoms with E-state index >= 15 is 0 Å². The van der Waals surface area contributed by atoms with Crippen molar-refractivity contribution >= 4 is 11.6 Å². The van der Waals surface area contributed by atoms with Gasteiger partial charge < -0.3 is 18.9 Å². The van der Waals surface area contributed by atoms with Gasteiger partial charge in [0.25, 0.3) is 11.5 Å². The molecule has 1 aliphatic rings. The fraction of sp³-hybridized carbons (Fsp3) is 0.429. The number of amides is 1. The van der Waals surface area contributed by atoms with E-state index in [-0.39, 0.29) is 11.5 Å². The second-order valence-electron chi connectivity index (χ2n) is 7.61. The Bertz CT molecular complexity index is 1130. The number of hydrogen-bond donors (Lipinski definition) is 0. The van der Waals surface area contributed by atoms with E-state index in [0.29, 0.717) is 42.8 Å². The standard InChI is InChI=1S/C21H25N5O4/c1-14-11-26-18(22-14)4-5-19(23-26)30-13-15-6-8-25(9-7-15)21(28)16-12-24(2)20(27)10-17(16)29-3/h4-5,10-12,15H,6-9,13H2,1-3H3. The van der Waals surface area contributed by atoms with E-state index in [1.54, 1.807) is 22.7 Å². The van der Waals surface area contributed by atoms with Crippen molar-refractivity contribution in [2.75, 3.05) is 26.8 Å². The molecule has 9 heteroatoms. The monoisotopic (exact) mass is 411 g/mol. The van der Waals surface area contributed by atoms with E-state index in [4.69, 9.17) is 9.47 Å². The van der Waals surface area contributed by atoms with Gasteiger partial charge in [0.15, 0.2) is 5.65 Å². The number of aryl methyl sites for hydroxylation is 2. The van der Waals surface area contributed by atoms with Crippen molar-refractivity contribution in [3.05, 3.63) is 52.2 Å². The molecular formula is C21H25N5O4. The minimum atomic E-state index is -0.211. The third-order valence-electron chi connectivity index (χ3n) is 5.43. The molecule has 9 nitrogen and oxygen atoms in total. The first-order chi connectivity index (χ1) is 14.4. The molecule has 4 heterocycles. The van der Waals surface area contributed by atoms with Crippen molar-refractivity contribution in [2.45, 2.75) is 19.8 Å². The molecule has 1 amide bonds. The first-order valence-electron chi connectivity index (χ1n) is 9.94. The molecule has 0 radical (unpaired) electrons. The minimum Gasteiger partial charge on any atom is -0.496 e. The molecule has 0 bridgehead atoms. The Morgan fingerprint density at radius 3 is 2.73 bits per heavy atom. The van der Waals surface area contributed by atoms with E-state index in [1.165, 1.54) is 17.7 Å². The van der Waals surface area contributed by atoms with Gasteiger partial charge in [0.1, 0.15) is 5.75 Å². The predicted molar refractivity (Wildman–Crippen MR) is 110 cm³/mol. The van der Waals surface area contributed by atoms with E-state index < -0.39 is 0 Å². The van der Waals surface area contributed by atoms with Crippen LogP contribution in [0.5, 0.6) is 11.6 Å². The lowest BCUT2D eigenvalue weighted by Gasteiger charge is -2.32. The van der Waals surface area contributed by atoms with Crippen molar-refractivity contribution in [1.29, 1.82) is 0 Å². The first kappa shape index (κ1) is 19.9. The molecule has 1 fully saturated rings. The van der Waals surface area contributed by atoms with Crippen LogP contribution in [0.4, 0.5) is 0 Å². The summed E-state index contributed by atoms with van der Waals surface area (Å²) < 4.78 is 14.2. The van der Waals surface area contributed by atoms with Gasteiger partial charge >= 0.3 is 0 Å². The Balaban J connectivity index is 1.35. The highest BCUT2D eigenvalue weighted by Gasteiger charge is 2.26. The maximum Gasteiger partial charge on any atom is 0.259 e. The number of piperidine rings is 1. The summed E-state index contributed by atoms with van der Waals surface area (Å²) in [7, 11) is 3.09. The van der Waals surface area contributed by atoms with Crippen LogP contribution in [0.15, 0.2) is 35.4 Å². The largest absolute Gasteiger partial charge is 0.496 e. The molecule has 1 aliphatic heterocycles. The number of ether oxygens (including phenoxy) is 2. The summed E-state index contributed by atoms with van der Waals surface area (Å²) >= 11 is 0. The van der Waals surface area contributed by atoms with Gasteiger partial charge in [0.05, 0.1) is 31.2 Å². The molecule has 158 valence electrons. The normalized spacial score (nSPS) is 14.8. The van der Waals surface area contributed by atoms with Gasteiger partial charge in [0, 0.05) is 38.5 Å². The lowest BCUT2D eigenvalue weighted by atomic mass is 9.97. The molecular weight excluding hydrogens is 386 g/mol. The fourth-order valence-corrected chi connectivity index (χ4v) is 3.68. The van der Waals surface area contributed by atoms with Gasteiger partial charge in [-0.2, -0.15) is 0 Å². The minimum absolute atomic E-state index is 0.121. The van der Waals surface area contributed by atoms with Crippen LogP contribution in [-0.4, -0.2) is 56.8 Å². The van der Waals surface area contributed by atoms with Crippen molar-refractivity contribution in [3.63, 3.8) is 0 Å². The number of methoxy groups -OCH3 is 1. The number of aromatic nitrogens is 4. The second-order valence-corrected chi connectivity index (χ2v) is 7.61. The number of pyridine rings is 1. The van der Waals surface area contributed by atoms with Gasteiger partial charge in [-0.05, 0) is 31.7 Å². The number of hydrogen-bond acceptors (Lipinski definition) is 6. The van der Waals surface area contributed by atoms with Crippen LogP contribution in [0.3, 0.4) is 0 Å². The molecule has 0 unspecified atom stereocenters. The molecule has 3 aromatic heterocycles. The molecule has 0 aliphatic carbocycles. The summed E-state index contributed by atoms with van der Waals surface area (Å²) in [5.74, 6) is 1.10. The Kier molecular flexibility index (Phi) is 5.43. The van der Waals surface area contributed by atoms with Crippen LogP contribution in [-0.2, 0) is 7.05 Å². The lowest BCUT2D eigenvalue weighted by molar-refractivity contribution is 0.0654. The number of carbonyl (C=O) groups excluding carboxylic acids is 1. The third-order valence-corrected chi connectivity index (χ3v) is 5.43. The third kappa shape index (κ3) is 4.00. The molecule has 1 saturated heterocycles. The number of likely N-dealkylation sites (tertiary alicyclic amines) is 1. The highest BCUT2D eigenvalue weighted by molar-refractivity contribution is 5.96. The van der Waals surface area contributed by atoms with E-state index in [1.807, 2.05) is 25.3 Å². The summed E-state index contributed by atoms with van der Waals surface area (Å²) in [5.41, 5.74) is 1.90. The summed E-state index contributed by atoms with van der Waals surface area (Å²) in [6, 6.07) is 5.06. The van der Waals surface area contributed by atoms with E-state index in [2.05, 4.69) is 10.1 Å². The van der Waals surface area contributed by atoms with Gasteiger partial charge in [-0.1, -0.05) is 0 Å². The summed E-state index contributed by atoms with van der Waals surface area (Å²) in [4.78, 5) is 30.9. The van der Waals surface area contributed by atoms with Crippen LogP contribution >= 0.6 is 0 Å². The van der Waals surface area contributed by atoms with Crippen molar-refractivity contribution in [1.82, 2.24) is 24.1 Å². The van der Waals surface area contributed by atoms with Gasteiger partial charge in [-0.25, -0.2) is 9.50 Å². The molecule has 0 atom stereocenters. The van der Waals surface area contributed by atoms with Crippen molar-refractivity contribution in [3.8, 4) is 11.6 Å². The summed E-state index contributed by atoms with van der Waals surface area (Å²) in [6.07, 6.45) is 5.08. The van der Waals surface area contributed by atoms with E-state index in [9.17, 15) is 9.59 Å². The number of fused-ring (bicyclic) bond motifs is 1. The highest BCUT2D eigenvalue weighted by Crippen LogP contribution is 2.23. The molecule has 4 rings (SSSR count). The zero-order valence-corrected chi connectivity index (χ0v) is 17.4. The Labute approximate surface area is 173 Å². The summed E-state index contributed by atoms with van der Waals surface area (Å²) in [6.45, 7) is 3.74. The van der Waals surface area contributed by atoms with Crippen LogP contribution in [0, 0.1) is 12.8 Å². The SMILES string of the molecule is COc1cc(=O)n(C)cc1C(=O)N1CCC(COc2ccc3nc(C)cn3n2)CC1. The number of rotatable bonds is 5. The quantitative estimate of drug-likeness (QED) is 0.634. The first-order valence-corrected chi connectivity index (χ1v) is 9.94. The molecule has 0 aromatic carbocycles. The summed E-state index contributed by atoms with van der Waals surface area (Å²) in [5, 5.41) is 4.42. The fourth-order valence-electron chi connectivity index (χ4n) is 3.68. The highest BCUT2D eigenvalue weighted by atomic mass is 16.5. The average molecular weight is 411 g/mol. The second kappa shape index (κ2) is 8.17. The molecule has 3 aromatic rings. The topological polar surface area (TPSA) is 91.0 Å². The molecule has 0 spiro atoms. The van der Waals surface area contributed by atoms with Crippen LogP contribution < -0.4 is 15.0 Å². The molecule has 0 saturated carbocycles. The maximum absolute atomic E-state index is 12.9. The predicted octanol–water partition coefficient (Wildman–Crippen LogP) is 1.68. The molecule has 30 heavy (non-hydrogen) atoms. The Morgan fingerprint density at radius 1 is 1.23 bits per heavy atom. The number of carbonyl (C=O) groups is 1. The van der Waals surface area contributed by atoms with Gasteiger partial charge in [0.2, 0.25) is 5.88 Å². The van der Waals surface area contributed by atoms with Crippen LogP contribution in [0.25, 0.3) is 5.65 Å². The van der Waals surface area contributed by atoms with Crippen molar-refractivity contribution < 1.29 is 14.3 Å². The Hall–Kier alpha value is -3.36. The molecule has 0 N–H and O–H groups in total. The van der Waals surface area contributed by atoms with Gasteiger partial charge in [-0.3, -0.25) is 9.59 Å².